The third-order valence-corrected chi connectivity index (χ3v) is 4.80. The zero-order valence-corrected chi connectivity index (χ0v) is 14.1. The molecular formula is C18H22FN3O. The number of para-hydroxylation sites is 1. The van der Waals surface area contributed by atoms with Crippen molar-refractivity contribution >= 4 is 11.6 Å². The van der Waals surface area contributed by atoms with Crippen LogP contribution in [0.2, 0.25) is 0 Å². The maximum atomic E-state index is 14.3. The first-order chi connectivity index (χ1) is 10.9. The van der Waals surface area contributed by atoms with E-state index in [4.69, 9.17) is 0 Å². The molecule has 0 unspecified atom stereocenters. The molecule has 2 heterocycles. The maximum absolute atomic E-state index is 14.3. The minimum Gasteiger partial charge on any atom is -0.309 e. The molecule has 0 bridgehead atoms. The third-order valence-electron chi connectivity index (χ3n) is 4.80. The van der Waals surface area contributed by atoms with E-state index in [1.54, 1.807) is 15.6 Å². The van der Waals surface area contributed by atoms with Gasteiger partial charge < -0.3 is 4.90 Å². The number of anilines is 1. The SMILES string of the molecule is Cc1nn(C)c(C)c1[C@H](C)C(=O)N1CCCc2cccc(F)c21. The van der Waals surface area contributed by atoms with E-state index in [0.29, 0.717) is 12.2 Å². The summed E-state index contributed by atoms with van der Waals surface area (Å²) < 4.78 is 16.1. The van der Waals surface area contributed by atoms with Gasteiger partial charge in [-0.1, -0.05) is 12.1 Å². The summed E-state index contributed by atoms with van der Waals surface area (Å²) in [5, 5.41) is 4.39. The van der Waals surface area contributed by atoms with Gasteiger partial charge in [0.15, 0.2) is 0 Å². The van der Waals surface area contributed by atoms with E-state index in [0.717, 1.165) is 35.4 Å². The van der Waals surface area contributed by atoms with Gasteiger partial charge in [0.2, 0.25) is 5.91 Å². The van der Waals surface area contributed by atoms with Crippen LogP contribution in [0.4, 0.5) is 10.1 Å². The first kappa shape index (κ1) is 15.7. The summed E-state index contributed by atoms with van der Waals surface area (Å²) >= 11 is 0. The number of fused-ring (bicyclic) bond motifs is 1. The quantitative estimate of drug-likeness (QED) is 0.853. The molecule has 0 N–H and O–H groups in total. The van der Waals surface area contributed by atoms with Gasteiger partial charge in [-0.05, 0) is 45.2 Å². The highest BCUT2D eigenvalue weighted by atomic mass is 19.1. The van der Waals surface area contributed by atoms with E-state index in [2.05, 4.69) is 5.10 Å². The fourth-order valence-corrected chi connectivity index (χ4v) is 3.60. The van der Waals surface area contributed by atoms with Crippen molar-refractivity contribution in [2.24, 2.45) is 7.05 Å². The second-order valence-electron chi connectivity index (χ2n) is 6.27. The minimum absolute atomic E-state index is 0.0600. The van der Waals surface area contributed by atoms with Crippen molar-refractivity contribution in [1.82, 2.24) is 9.78 Å². The topological polar surface area (TPSA) is 38.1 Å². The van der Waals surface area contributed by atoms with Crippen LogP contribution in [0.5, 0.6) is 0 Å². The van der Waals surface area contributed by atoms with Crippen LogP contribution in [0.25, 0.3) is 0 Å². The Hall–Kier alpha value is -2.17. The van der Waals surface area contributed by atoms with Gasteiger partial charge in [-0.25, -0.2) is 4.39 Å². The average Bonchev–Trinajstić information content (AvgIpc) is 2.78. The van der Waals surface area contributed by atoms with Crippen LogP contribution in [0.3, 0.4) is 0 Å². The second kappa shape index (κ2) is 5.80. The lowest BCUT2D eigenvalue weighted by Crippen LogP contribution is -2.39. The van der Waals surface area contributed by atoms with E-state index in [1.165, 1.54) is 6.07 Å². The first-order valence-corrected chi connectivity index (χ1v) is 8.00. The third kappa shape index (κ3) is 2.54. The Morgan fingerprint density at radius 1 is 1.35 bits per heavy atom. The Morgan fingerprint density at radius 3 is 2.74 bits per heavy atom. The number of hydrogen-bond donors (Lipinski definition) is 0. The molecule has 0 spiro atoms. The highest BCUT2D eigenvalue weighted by molar-refractivity contribution is 5.99. The normalized spacial score (nSPS) is 15.4. The number of halogens is 1. The molecule has 4 nitrogen and oxygen atoms in total. The highest BCUT2D eigenvalue weighted by Crippen LogP contribution is 2.33. The van der Waals surface area contributed by atoms with Crippen LogP contribution in [0.15, 0.2) is 18.2 Å². The summed E-state index contributed by atoms with van der Waals surface area (Å²) in [7, 11) is 1.87. The standard InChI is InChI=1S/C18H22FN3O/c1-11(16-12(2)20-21(4)13(16)3)18(23)22-10-6-8-14-7-5-9-15(19)17(14)22/h5,7,9,11H,6,8,10H2,1-4H3/t11-/m0/s1. The summed E-state index contributed by atoms with van der Waals surface area (Å²) in [5.41, 5.74) is 4.15. The van der Waals surface area contributed by atoms with E-state index in [1.807, 2.05) is 33.9 Å². The van der Waals surface area contributed by atoms with Gasteiger partial charge in [0, 0.05) is 24.8 Å². The lowest BCUT2D eigenvalue weighted by Gasteiger charge is -2.32. The molecule has 1 atom stereocenters. The summed E-state index contributed by atoms with van der Waals surface area (Å²) in [6.45, 7) is 6.32. The number of hydrogen-bond acceptors (Lipinski definition) is 2. The Bertz CT molecular complexity index is 766. The van der Waals surface area contributed by atoms with E-state index in [9.17, 15) is 9.18 Å². The fourth-order valence-electron chi connectivity index (χ4n) is 3.60. The summed E-state index contributed by atoms with van der Waals surface area (Å²) in [6, 6.07) is 5.04. The van der Waals surface area contributed by atoms with E-state index < -0.39 is 0 Å². The molecule has 1 aromatic heterocycles. The van der Waals surface area contributed by atoms with Crippen LogP contribution >= 0.6 is 0 Å². The molecule has 0 aliphatic carbocycles. The number of carbonyl (C=O) groups is 1. The molecule has 0 radical (unpaired) electrons. The van der Waals surface area contributed by atoms with Crippen molar-refractivity contribution in [1.29, 1.82) is 0 Å². The number of amides is 1. The molecule has 23 heavy (non-hydrogen) atoms. The van der Waals surface area contributed by atoms with Gasteiger partial charge in [0.1, 0.15) is 5.82 Å². The van der Waals surface area contributed by atoms with Crippen molar-refractivity contribution in [2.45, 2.75) is 39.5 Å². The van der Waals surface area contributed by atoms with Crippen LogP contribution in [0, 0.1) is 19.7 Å². The van der Waals surface area contributed by atoms with E-state index >= 15 is 0 Å². The van der Waals surface area contributed by atoms with Crippen molar-refractivity contribution < 1.29 is 9.18 Å². The molecule has 2 aromatic rings. The summed E-state index contributed by atoms with van der Waals surface area (Å²) in [5.74, 6) is -0.716. The molecule has 1 aliphatic rings. The summed E-state index contributed by atoms with van der Waals surface area (Å²) in [4.78, 5) is 14.7. The van der Waals surface area contributed by atoms with Crippen molar-refractivity contribution in [2.75, 3.05) is 11.4 Å². The fraction of sp³-hybridized carbons (Fsp3) is 0.444. The molecule has 0 saturated heterocycles. The Balaban J connectivity index is 1.99. The van der Waals surface area contributed by atoms with Crippen LogP contribution in [0.1, 0.15) is 41.8 Å². The number of rotatable bonds is 2. The second-order valence-corrected chi connectivity index (χ2v) is 6.27. The zero-order chi connectivity index (χ0) is 16.7. The Labute approximate surface area is 135 Å². The minimum atomic E-state index is -0.339. The van der Waals surface area contributed by atoms with Gasteiger partial charge in [0.05, 0.1) is 17.3 Å². The first-order valence-electron chi connectivity index (χ1n) is 8.00. The molecule has 3 rings (SSSR count). The molecular weight excluding hydrogens is 293 g/mol. The zero-order valence-electron chi connectivity index (χ0n) is 14.1. The maximum Gasteiger partial charge on any atom is 0.234 e. The largest absolute Gasteiger partial charge is 0.309 e. The molecule has 5 heteroatoms. The van der Waals surface area contributed by atoms with Gasteiger partial charge in [0.25, 0.3) is 0 Å². The van der Waals surface area contributed by atoms with Crippen LogP contribution in [-0.2, 0) is 18.3 Å². The molecule has 1 aromatic carbocycles. The summed E-state index contributed by atoms with van der Waals surface area (Å²) in [6.07, 6.45) is 1.68. The smallest absolute Gasteiger partial charge is 0.234 e. The van der Waals surface area contributed by atoms with Crippen LogP contribution < -0.4 is 4.90 Å². The van der Waals surface area contributed by atoms with Gasteiger partial charge in [-0.3, -0.25) is 9.48 Å². The number of benzene rings is 1. The number of aromatic nitrogens is 2. The van der Waals surface area contributed by atoms with Gasteiger partial charge >= 0.3 is 0 Å². The van der Waals surface area contributed by atoms with Crippen molar-refractivity contribution in [3.8, 4) is 0 Å². The molecule has 0 saturated carbocycles. The molecule has 0 fully saturated rings. The molecule has 1 aliphatic heterocycles. The lowest BCUT2D eigenvalue weighted by molar-refractivity contribution is -0.119. The molecule has 1 amide bonds. The van der Waals surface area contributed by atoms with E-state index in [-0.39, 0.29) is 17.6 Å². The Kier molecular flexibility index (Phi) is 3.96. The van der Waals surface area contributed by atoms with Crippen LogP contribution in [-0.4, -0.2) is 22.2 Å². The van der Waals surface area contributed by atoms with Crippen molar-refractivity contribution in [3.05, 3.63) is 46.5 Å². The van der Waals surface area contributed by atoms with Gasteiger partial charge in [-0.15, -0.1) is 0 Å². The predicted octanol–water partition coefficient (Wildman–Crippen LogP) is 3.26. The number of carbonyl (C=O) groups excluding carboxylic acids is 1. The number of aryl methyl sites for hydroxylation is 3. The molecule has 122 valence electrons. The predicted molar refractivity (Wildman–Crippen MR) is 88.2 cm³/mol. The highest BCUT2D eigenvalue weighted by Gasteiger charge is 2.31. The number of nitrogens with zero attached hydrogens (tertiary/aromatic N) is 3. The lowest BCUT2D eigenvalue weighted by atomic mass is 9.94. The van der Waals surface area contributed by atoms with Gasteiger partial charge in [-0.2, -0.15) is 5.10 Å². The Morgan fingerprint density at radius 2 is 2.09 bits per heavy atom. The average molecular weight is 315 g/mol. The monoisotopic (exact) mass is 315 g/mol. The van der Waals surface area contributed by atoms with Crippen molar-refractivity contribution in [3.63, 3.8) is 0 Å².